The summed E-state index contributed by atoms with van der Waals surface area (Å²) in [6.07, 6.45) is 0. The van der Waals surface area contributed by atoms with E-state index in [0.717, 1.165) is 10.5 Å². The fourth-order valence-electron chi connectivity index (χ4n) is 3.95. The first-order valence-electron chi connectivity index (χ1n) is 7.75. The van der Waals surface area contributed by atoms with E-state index in [-0.39, 0.29) is 17.9 Å². The zero-order valence-electron chi connectivity index (χ0n) is 14.1. The van der Waals surface area contributed by atoms with Crippen molar-refractivity contribution in [3.63, 3.8) is 0 Å². The Morgan fingerprint density at radius 3 is 2.33 bits per heavy atom. The highest BCUT2D eigenvalue weighted by atomic mass is 16.5. The largest absolute Gasteiger partial charge is 0.497 e. The van der Waals surface area contributed by atoms with E-state index in [1.165, 1.54) is 14.2 Å². The fraction of sp³-hybridized carbons (Fsp3) is 0.471. The molecule has 2 N–H and O–H groups in total. The topological polar surface area (TPSA) is 89.5 Å². The molecule has 2 saturated heterocycles. The number of imide groups is 1. The first-order valence-corrected chi connectivity index (χ1v) is 7.75. The zero-order valence-corrected chi connectivity index (χ0v) is 14.1. The zero-order chi connectivity index (χ0) is 17.6. The number of hydrogen-bond acceptors (Lipinski definition) is 5. The first-order chi connectivity index (χ1) is 11.3. The minimum absolute atomic E-state index is 0.255. The van der Waals surface area contributed by atoms with Gasteiger partial charge in [0.25, 0.3) is 0 Å². The van der Waals surface area contributed by atoms with Crippen molar-refractivity contribution in [3.05, 3.63) is 29.8 Å². The molecule has 0 spiro atoms. The Labute approximate surface area is 139 Å². The maximum Gasteiger partial charge on any atom is 0.368 e. The standard InChI is InChI=1S/C17H20N2O5/c1-17(16(22)24-4)12-11(14(20)19(2)15(12)21)13(18-17)9-5-7-10(23-3)8-6-9/h5-8,11-13,18H,1-4H3/p+1/t11-,12-,13-,17+/m0/s1. The minimum atomic E-state index is -1.12. The quantitative estimate of drug-likeness (QED) is 0.594. The molecule has 128 valence electrons. The third-order valence-corrected chi connectivity index (χ3v) is 5.26. The molecule has 0 unspecified atom stereocenters. The number of benzene rings is 1. The maximum atomic E-state index is 12.6. The van der Waals surface area contributed by atoms with Crippen LogP contribution in [0.25, 0.3) is 0 Å². The predicted octanol–water partition coefficient (Wildman–Crippen LogP) is -0.524. The van der Waals surface area contributed by atoms with Gasteiger partial charge in [0.1, 0.15) is 23.6 Å². The van der Waals surface area contributed by atoms with Gasteiger partial charge in [-0.05, 0) is 24.3 Å². The number of amides is 2. The Kier molecular flexibility index (Phi) is 3.83. The maximum absolute atomic E-state index is 12.6. The van der Waals surface area contributed by atoms with Crippen LogP contribution in [0, 0.1) is 11.8 Å². The number of nitrogens with two attached hydrogens (primary N) is 1. The number of nitrogens with zero attached hydrogens (tertiary/aromatic N) is 1. The van der Waals surface area contributed by atoms with E-state index in [1.54, 1.807) is 31.5 Å². The van der Waals surface area contributed by atoms with Crippen molar-refractivity contribution in [1.82, 2.24) is 4.90 Å². The average molecular weight is 333 g/mol. The van der Waals surface area contributed by atoms with Gasteiger partial charge in [-0.1, -0.05) is 0 Å². The third kappa shape index (κ3) is 2.11. The number of fused-ring (bicyclic) bond motifs is 1. The number of ether oxygens (including phenoxy) is 2. The molecule has 4 atom stereocenters. The minimum Gasteiger partial charge on any atom is -0.497 e. The molecule has 0 aromatic heterocycles. The van der Waals surface area contributed by atoms with Crippen molar-refractivity contribution < 1.29 is 29.2 Å². The van der Waals surface area contributed by atoms with Crippen LogP contribution in [0.3, 0.4) is 0 Å². The molecule has 3 rings (SSSR count). The second-order valence-electron chi connectivity index (χ2n) is 6.48. The van der Waals surface area contributed by atoms with Crippen LogP contribution in [-0.2, 0) is 19.1 Å². The molecule has 7 nitrogen and oxygen atoms in total. The van der Waals surface area contributed by atoms with E-state index in [9.17, 15) is 14.4 Å². The lowest BCUT2D eigenvalue weighted by Gasteiger charge is -2.24. The second-order valence-corrected chi connectivity index (χ2v) is 6.48. The van der Waals surface area contributed by atoms with Crippen molar-refractivity contribution in [2.75, 3.05) is 21.3 Å². The van der Waals surface area contributed by atoms with Crippen LogP contribution in [0.5, 0.6) is 5.75 Å². The van der Waals surface area contributed by atoms with Gasteiger partial charge in [-0.15, -0.1) is 0 Å². The van der Waals surface area contributed by atoms with Gasteiger partial charge >= 0.3 is 5.97 Å². The van der Waals surface area contributed by atoms with Crippen LogP contribution < -0.4 is 10.1 Å². The van der Waals surface area contributed by atoms with Crippen LogP contribution in [0.4, 0.5) is 0 Å². The van der Waals surface area contributed by atoms with Crippen molar-refractivity contribution in [2.24, 2.45) is 11.8 Å². The lowest BCUT2D eigenvalue weighted by molar-refractivity contribution is -0.731. The van der Waals surface area contributed by atoms with E-state index >= 15 is 0 Å². The summed E-state index contributed by atoms with van der Waals surface area (Å²) in [6, 6.07) is 6.99. The van der Waals surface area contributed by atoms with E-state index in [1.807, 2.05) is 12.1 Å². The summed E-state index contributed by atoms with van der Waals surface area (Å²) in [6.45, 7) is 1.67. The summed E-state index contributed by atoms with van der Waals surface area (Å²) in [7, 11) is 4.34. The number of esters is 1. The van der Waals surface area contributed by atoms with Gasteiger partial charge in [-0.2, -0.15) is 0 Å². The average Bonchev–Trinajstić information content (AvgIpc) is 3.04. The monoisotopic (exact) mass is 333 g/mol. The van der Waals surface area contributed by atoms with Gasteiger partial charge in [0.2, 0.25) is 17.4 Å². The Hall–Kier alpha value is -2.41. The molecule has 0 aliphatic carbocycles. The molecule has 0 saturated carbocycles. The van der Waals surface area contributed by atoms with Gasteiger partial charge in [0.05, 0.1) is 14.2 Å². The number of carbonyl (C=O) groups excluding carboxylic acids is 3. The van der Waals surface area contributed by atoms with Gasteiger partial charge in [-0.3, -0.25) is 14.5 Å². The SMILES string of the molecule is COC(=O)[C@]1(C)[NH2+][C@@H](c2ccc(OC)cc2)[C@H]2C(=O)N(C)C(=O)[C@H]21. The summed E-state index contributed by atoms with van der Waals surface area (Å²) in [5.41, 5.74) is -0.253. The molecule has 1 aromatic carbocycles. The van der Waals surface area contributed by atoms with Crippen molar-refractivity contribution in [3.8, 4) is 5.75 Å². The van der Waals surface area contributed by atoms with E-state index in [2.05, 4.69) is 0 Å². The first kappa shape index (κ1) is 16.4. The molecule has 2 heterocycles. The smallest absolute Gasteiger partial charge is 0.368 e. The van der Waals surface area contributed by atoms with Gasteiger partial charge in [0.15, 0.2) is 0 Å². The molecule has 2 amide bonds. The van der Waals surface area contributed by atoms with E-state index in [4.69, 9.17) is 9.47 Å². The summed E-state index contributed by atoms with van der Waals surface area (Å²) in [4.78, 5) is 38.7. The molecule has 2 aliphatic rings. The molecule has 0 bridgehead atoms. The number of carbonyl (C=O) groups is 3. The number of rotatable bonds is 3. The summed E-state index contributed by atoms with van der Waals surface area (Å²) in [5, 5.41) is 1.79. The number of methoxy groups -OCH3 is 2. The normalized spacial score (nSPS) is 32.0. The van der Waals surface area contributed by atoms with Crippen LogP contribution in [0.2, 0.25) is 0 Å². The summed E-state index contributed by atoms with van der Waals surface area (Å²) in [5.74, 6) is -1.69. The number of hydrogen-bond donors (Lipinski definition) is 1. The van der Waals surface area contributed by atoms with Gasteiger partial charge < -0.3 is 14.8 Å². The molecule has 24 heavy (non-hydrogen) atoms. The highest BCUT2D eigenvalue weighted by Crippen LogP contribution is 2.43. The fourth-order valence-corrected chi connectivity index (χ4v) is 3.95. The Morgan fingerprint density at radius 1 is 1.17 bits per heavy atom. The molecule has 0 radical (unpaired) electrons. The Morgan fingerprint density at radius 2 is 1.79 bits per heavy atom. The van der Waals surface area contributed by atoms with Crippen LogP contribution in [-0.4, -0.2) is 49.5 Å². The lowest BCUT2D eigenvalue weighted by atomic mass is 9.80. The van der Waals surface area contributed by atoms with Crippen LogP contribution in [0.1, 0.15) is 18.5 Å². The Bertz CT molecular complexity index is 701. The molecular formula is C17H21N2O5+. The summed E-state index contributed by atoms with van der Waals surface area (Å²) >= 11 is 0. The summed E-state index contributed by atoms with van der Waals surface area (Å²) < 4.78 is 10.1. The number of likely N-dealkylation sites (tertiary alicyclic amines) is 1. The van der Waals surface area contributed by atoms with Crippen LogP contribution in [0.15, 0.2) is 24.3 Å². The highest BCUT2D eigenvalue weighted by Gasteiger charge is 2.70. The van der Waals surface area contributed by atoms with Gasteiger partial charge in [-0.25, -0.2) is 4.79 Å². The molecule has 7 heteroatoms. The number of quaternary nitrogens is 1. The Balaban J connectivity index is 2.06. The lowest BCUT2D eigenvalue weighted by Crippen LogP contribution is -2.97. The van der Waals surface area contributed by atoms with Crippen molar-refractivity contribution >= 4 is 17.8 Å². The molecule has 2 aliphatic heterocycles. The third-order valence-electron chi connectivity index (χ3n) is 5.26. The molecule has 1 aromatic rings. The van der Waals surface area contributed by atoms with E-state index in [0.29, 0.717) is 5.75 Å². The molecular weight excluding hydrogens is 312 g/mol. The van der Waals surface area contributed by atoms with Gasteiger partial charge in [0, 0.05) is 19.5 Å². The molecule has 2 fully saturated rings. The van der Waals surface area contributed by atoms with Crippen LogP contribution >= 0.6 is 0 Å². The second kappa shape index (κ2) is 5.59. The van der Waals surface area contributed by atoms with E-state index < -0.39 is 23.3 Å². The van der Waals surface area contributed by atoms with Crippen molar-refractivity contribution in [2.45, 2.75) is 18.5 Å². The van der Waals surface area contributed by atoms with Crippen molar-refractivity contribution in [1.29, 1.82) is 0 Å². The highest BCUT2D eigenvalue weighted by molar-refractivity contribution is 6.08. The predicted molar refractivity (Wildman–Crippen MR) is 82.8 cm³/mol.